The Hall–Kier alpha value is -2.19. The van der Waals surface area contributed by atoms with Crippen LogP contribution in [0, 0.1) is 6.92 Å². The van der Waals surface area contributed by atoms with Gasteiger partial charge >= 0.3 is 0 Å². The van der Waals surface area contributed by atoms with Crippen molar-refractivity contribution in [1.82, 2.24) is 0 Å². The second-order valence-corrected chi connectivity index (χ2v) is 11.0. The molecule has 5 nitrogen and oxygen atoms in total. The number of aryl methyl sites for hydroxylation is 1. The van der Waals surface area contributed by atoms with Crippen molar-refractivity contribution in [1.29, 1.82) is 0 Å². The van der Waals surface area contributed by atoms with Crippen LogP contribution in [-0.4, -0.2) is 26.6 Å². The van der Waals surface area contributed by atoms with Gasteiger partial charge in [-0.15, -0.1) is 11.8 Å². The Morgan fingerprint density at radius 3 is 2.25 bits per heavy atom. The summed E-state index contributed by atoms with van der Waals surface area (Å²) in [5.74, 6) is 0.350. The Bertz CT molecular complexity index is 1200. The number of para-hydroxylation sites is 1. The summed E-state index contributed by atoms with van der Waals surface area (Å²) >= 11 is 13.8. The van der Waals surface area contributed by atoms with Crippen molar-refractivity contribution < 1.29 is 13.2 Å². The Balaban J connectivity index is 1.98. The highest BCUT2D eigenvalue weighted by atomic mass is 35.5. The molecule has 0 spiro atoms. The molecule has 0 saturated carbocycles. The van der Waals surface area contributed by atoms with Gasteiger partial charge in [-0.25, -0.2) is 8.42 Å². The van der Waals surface area contributed by atoms with Gasteiger partial charge in [-0.05, 0) is 55.1 Å². The van der Waals surface area contributed by atoms with E-state index in [4.69, 9.17) is 23.2 Å². The summed E-state index contributed by atoms with van der Waals surface area (Å²) < 4.78 is 28.0. The molecule has 0 atom stereocenters. The third-order valence-electron chi connectivity index (χ3n) is 4.49. The Labute approximate surface area is 202 Å². The van der Waals surface area contributed by atoms with E-state index in [0.717, 1.165) is 20.5 Å². The number of anilines is 2. The van der Waals surface area contributed by atoms with E-state index < -0.39 is 22.5 Å². The lowest BCUT2D eigenvalue weighted by Gasteiger charge is -2.25. The molecule has 1 N–H and O–H groups in total. The third kappa shape index (κ3) is 5.98. The van der Waals surface area contributed by atoms with E-state index >= 15 is 0 Å². The fourth-order valence-corrected chi connectivity index (χ4v) is 5.69. The average molecular weight is 509 g/mol. The Morgan fingerprint density at radius 1 is 1.00 bits per heavy atom. The van der Waals surface area contributed by atoms with Gasteiger partial charge in [0.2, 0.25) is 5.91 Å². The van der Waals surface area contributed by atoms with E-state index in [-0.39, 0.29) is 20.6 Å². The first-order valence-electron chi connectivity index (χ1n) is 9.78. The van der Waals surface area contributed by atoms with Crippen molar-refractivity contribution in [2.24, 2.45) is 0 Å². The van der Waals surface area contributed by atoms with E-state index in [1.54, 1.807) is 30.0 Å². The largest absolute Gasteiger partial charge is 0.323 e. The van der Waals surface area contributed by atoms with Crippen LogP contribution in [0.2, 0.25) is 10.0 Å². The third-order valence-corrected chi connectivity index (χ3v) is 7.67. The lowest BCUT2D eigenvalue weighted by atomic mass is 10.2. The lowest BCUT2D eigenvalue weighted by Crippen LogP contribution is -2.38. The standard InChI is InChI=1S/C23H22Cl2N2O3S2/c1-3-31-22-7-5-4-6-21(22)26-23(28)15-27(19-13-17(24)12-18(25)14-19)32(29,30)20-10-8-16(2)9-11-20/h4-14H,3,15H2,1-2H3,(H,26,28). The van der Waals surface area contributed by atoms with Crippen molar-refractivity contribution in [2.75, 3.05) is 21.9 Å². The molecule has 0 saturated heterocycles. The number of hydrogen-bond acceptors (Lipinski definition) is 4. The molecular formula is C23H22Cl2N2O3S2. The average Bonchev–Trinajstić information content (AvgIpc) is 2.73. The minimum absolute atomic E-state index is 0.0638. The second-order valence-electron chi connectivity index (χ2n) is 6.93. The van der Waals surface area contributed by atoms with E-state index in [0.29, 0.717) is 5.69 Å². The number of nitrogens with one attached hydrogen (secondary N) is 1. The number of carbonyl (C=O) groups excluding carboxylic acids is 1. The highest BCUT2D eigenvalue weighted by molar-refractivity contribution is 7.99. The van der Waals surface area contributed by atoms with E-state index in [9.17, 15) is 13.2 Å². The van der Waals surface area contributed by atoms with Gasteiger partial charge in [-0.1, -0.05) is 60.0 Å². The van der Waals surface area contributed by atoms with Crippen LogP contribution >= 0.6 is 35.0 Å². The maximum absolute atomic E-state index is 13.5. The number of hydrogen-bond donors (Lipinski definition) is 1. The molecule has 0 aliphatic carbocycles. The predicted molar refractivity (Wildman–Crippen MR) is 134 cm³/mol. The highest BCUT2D eigenvalue weighted by Crippen LogP contribution is 2.31. The molecule has 0 aliphatic rings. The number of thioether (sulfide) groups is 1. The molecule has 0 unspecified atom stereocenters. The maximum Gasteiger partial charge on any atom is 0.264 e. The minimum atomic E-state index is -4.06. The van der Waals surface area contributed by atoms with Crippen LogP contribution in [0.1, 0.15) is 12.5 Å². The molecule has 3 rings (SSSR count). The van der Waals surface area contributed by atoms with Gasteiger partial charge in [0.25, 0.3) is 10.0 Å². The van der Waals surface area contributed by atoms with Crippen LogP contribution in [0.5, 0.6) is 0 Å². The second kappa shape index (κ2) is 10.6. The fourth-order valence-electron chi connectivity index (χ4n) is 3.01. The molecule has 3 aromatic rings. The monoisotopic (exact) mass is 508 g/mol. The molecule has 0 heterocycles. The van der Waals surface area contributed by atoms with Gasteiger partial charge in [-0.2, -0.15) is 0 Å². The first-order chi connectivity index (χ1) is 15.2. The zero-order valence-corrected chi connectivity index (χ0v) is 20.7. The zero-order chi connectivity index (χ0) is 23.3. The number of amides is 1. The van der Waals surface area contributed by atoms with E-state index in [1.165, 1.54) is 30.3 Å². The van der Waals surface area contributed by atoms with Gasteiger partial charge in [0.05, 0.1) is 16.3 Å². The number of halogens is 2. The van der Waals surface area contributed by atoms with Crippen molar-refractivity contribution in [3.8, 4) is 0 Å². The smallest absolute Gasteiger partial charge is 0.264 e. The molecule has 168 valence electrons. The molecule has 0 radical (unpaired) electrons. The van der Waals surface area contributed by atoms with Gasteiger partial charge < -0.3 is 5.32 Å². The first-order valence-corrected chi connectivity index (χ1v) is 13.0. The SMILES string of the molecule is CCSc1ccccc1NC(=O)CN(c1cc(Cl)cc(Cl)c1)S(=O)(=O)c1ccc(C)cc1. The molecule has 3 aromatic carbocycles. The molecule has 32 heavy (non-hydrogen) atoms. The Kier molecular flexibility index (Phi) is 8.11. The lowest BCUT2D eigenvalue weighted by molar-refractivity contribution is -0.114. The normalized spacial score (nSPS) is 11.2. The summed E-state index contributed by atoms with van der Waals surface area (Å²) in [6.45, 7) is 3.43. The number of benzene rings is 3. The quantitative estimate of drug-likeness (QED) is 0.365. The number of nitrogens with zero attached hydrogens (tertiary/aromatic N) is 1. The van der Waals surface area contributed by atoms with Crippen LogP contribution in [0.4, 0.5) is 11.4 Å². The van der Waals surface area contributed by atoms with E-state index in [1.807, 2.05) is 32.0 Å². The van der Waals surface area contributed by atoms with Gasteiger partial charge in [0.15, 0.2) is 0 Å². The topological polar surface area (TPSA) is 66.5 Å². The van der Waals surface area contributed by atoms with Gasteiger partial charge in [0.1, 0.15) is 6.54 Å². The molecule has 9 heteroatoms. The molecule has 0 bridgehead atoms. The summed E-state index contributed by atoms with van der Waals surface area (Å²) in [6.07, 6.45) is 0. The summed E-state index contributed by atoms with van der Waals surface area (Å²) in [4.78, 5) is 13.9. The maximum atomic E-state index is 13.5. The summed E-state index contributed by atoms with van der Waals surface area (Å²) in [6, 6.07) is 18.2. The highest BCUT2D eigenvalue weighted by Gasteiger charge is 2.28. The summed E-state index contributed by atoms with van der Waals surface area (Å²) in [5, 5.41) is 3.36. The van der Waals surface area contributed by atoms with Crippen LogP contribution in [-0.2, 0) is 14.8 Å². The van der Waals surface area contributed by atoms with Gasteiger partial charge in [-0.3, -0.25) is 9.10 Å². The molecule has 0 aliphatic heterocycles. The molecular weight excluding hydrogens is 487 g/mol. The molecule has 1 amide bonds. The fraction of sp³-hybridized carbons (Fsp3) is 0.174. The van der Waals surface area contributed by atoms with Crippen molar-refractivity contribution in [3.05, 3.63) is 82.3 Å². The number of carbonyl (C=O) groups is 1. The molecule has 0 aromatic heterocycles. The Morgan fingerprint density at radius 2 is 1.62 bits per heavy atom. The van der Waals surface area contributed by atoms with Crippen molar-refractivity contribution in [3.63, 3.8) is 0 Å². The minimum Gasteiger partial charge on any atom is -0.323 e. The predicted octanol–water partition coefficient (Wildman–Crippen LogP) is 6.25. The van der Waals surface area contributed by atoms with Crippen molar-refractivity contribution in [2.45, 2.75) is 23.6 Å². The van der Waals surface area contributed by atoms with Crippen LogP contribution in [0.25, 0.3) is 0 Å². The number of sulfonamides is 1. The van der Waals surface area contributed by atoms with Crippen molar-refractivity contribution >= 4 is 62.3 Å². The number of rotatable bonds is 8. The van der Waals surface area contributed by atoms with Crippen LogP contribution in [0.3, 0.4) is 0 Å². The van der Waals surface area contributed by atoms with E-state index in [2.05, 4.69) is 5.32 Å². The zero-order valence-electron chi connectivity index (χ0n) is 17.5. The van der Waals surface area contributed by atoms with Gasteiger partial charge in [0, 0.05) is 14.9 Å². The molecule has 0 fully saturated rings. The first kappa shape index (κ1) is 24.5. The van der Waals surface area contributed by atoms with Crippen LogP contribution < -0.4 is 9.62 Å². The summed E-state index contributed by atoms with van der Waals surface area (Å²) in [7, 11) is -4.06. The summed E-state index contributed by atoms with van der Waals surface area (Å²) in [5.41, 5.74) is 1.75. The van der Waals surface area contributed by atoms with Crippen LogP contribution in [0.15, 0.2) is 76.5 Å².